The summed E-state index contributed by atoms with van der Waals surface area (Å²) in [5.41, 5.74) is 0.339. The Bertz CT molecular complexity index is 414. The Labute approximate surface area is 126 Å². The molecule has 0 bridgehead atoms. The van der Waals surface area contributed by atoms with Gasteiger partial charge in [-0.2, -0.15) is 0 Å². The first-order valence-electron chi connectivity index (χ1n) is 7.46. The topological polar surface area (TPSA) is 23.6 Å². The molecule has 0 aromatic carbocycles. The van der Waals surface area contributed by atoms with Gasteiger partial charge in [-0.3, -0.25) is 9.69 Å². The Balaban J connectivity index is 1.71. The van der Waals surface area contributed by atoms with Crippen molar-refractivity contribution in [3.63, 3.8) is 0 Å². The molecule has 0 spiro atoms. The van der Waals surface area contributed by atoms with Crippen molar-refractivity contribution in [3.8, 4) is 0 Å². The molecule has 0 saturated carbocycles. The average molecular weight is 294 g/mol. The van der Waals surface area contributed by atoms with E-state index in [9.17, 15) is 4.79 Å². The lowest BCUT2D eigenvalue weighted by Gasteiger charge is -2.37. The summed E-state index contributed by atoms with van der Waals surface area (Å²) in [6, 6.07) is 4.16. The van der Waals surface area contributed by atoms with E-state index >= 15 is 0 Å². The second-order valence-electron chi connectivity index (χ2n) is 6.80. The molecule has 112 valence electrons. The first-order chi connectivity index (χ1) is 9.44. The summed E-state index contributed by atoms with van der Waals surface area (Å²) in [7, 11) is 0. The number of carbonyl (C=O) groups is 1. The molecule has 1 aliphatic heterocycles. The number of hydrogen-bond acceptors (Lipinski definition) is 3. The van der Waals surface area contributed by atoms with Gasteiger partial charge in [0.2, 0.25) is 5.91 Å². The van der Waals surface area contributed by atoms with Crippen LogP contribution in [0.5, 0.6) is 0 Å². The fourth-order valence-corrected chi connectivity index (χ4v) is 3.38. The van der Waals surface area contributed by atoms with E-state index in [1.807, 2.05) is 4.90 Å². The maximum Gasteiger partial charge on any atom is 0.223 e. The van der Waals surface area contributed by atoms with Crippen LogP contribution in [0.2, 0.25) is 0 Å². The van der Waals surface area contributed by atoms with Crippen molar-refractivity contribution in [2.24, 2.45) is 5.41 Å². The Kier molecular flexibility index (Phi) is 5.22. The van der Waals surface area contributed by atoms with Gasteiger partial charge in [-0.15, -0.1) is 11.3 Å². The third kappa shape index (κ3) is 4.91. The highest BCUT2D eigenvalue weighted by atomic mass is 32.1. The highest BCUT2D eigenvalue weighted by Crippen LogP contribution is 2.17. The van der Waals surface area contributed by atoms with E-state index in [1.54, 1.807) is 11.3 Å². The highest BCUT2D eigenvalue weighted by molar-refractivity contribution is 7.09. The van der Waals surface area contributed by atoms with E-state index in [0.29, 0.717) is 17.7 Å². The summed E-state index contributed by atoms with van der Waals surface area (Å²) in [6.45, 7) is 11.7. The van der Waals surface area contributed by atoms with Crippen LogP contribution in [0.25, 0.3) is 0 Å². The van der Waals surface area contributed by atoms with Crippen LogP contribution < -0.4 is 0 Å². The van der Waals surface area contributed by atoms with Crippen molar-refractivity contribution in [1.82, 2.24) is 9.80 Å². The minimum atomic E-state index is 0.314. The van der Waals surface area contributed by atoms with Crippen molar-refractivity contribution >= 4 is 17.2 Å². The molecule has 4 heteroatoms. The summed E-state index contributed by atoms with van der Waals surface area (Å²) in [5.74, 6) is 0.314. The predicted molar refractivity (Wildman–Crippen MR) is 85.1 cm³/mol. The van der Waals surface area contributed by atoms with E-state index in [1.165, 1.54) is 4.88 Å². The lowest BCUT2D eigenvalue weighted by atomic mass is 9.96. The van der Waals surface area contributed by atoms with Crippen LogP contribution in [-0.4, -0.2) is 48.4 Å². The predicted octanol–water partition coefficient (Wildman–Crippen LogP) is 2.87. The number of thiophene rings is 1. The Hall–Kier alpha value is -0.870. The number of hydrogen-bond donors (Lipinski definition) is 0. The first-order valence-corrected chi connectivity index (χ1v) is 8.34. The molecule has 3 nitrogen and oxygen atoms in total. The molecule has 0 unspecified atom stereocenters. The number of amides is 1. The number of piperazine rings is 1. The Morgan fingerprint density at radius 1 is 1.25 bits per heavy atom. The molecule has 1 fully saturated rings. The third-order valence-corrected chi connectivity index (χ3v) is 4.52. The van der Waals surface area contributed by atoms with Crippen molar-refractivity contribution in [2.45, 2.75) is 33.6 Å². The van der Waals surface area contributed by atoms with Gasteiger partial charge < -0.3 is 4.90 Å². The normalized spacial score (nSPS) is 17.4. The molecular weight excluding hydrogens is 268 g/mol. The molecule has 1 aromatic rings. The van der Waals surface area contributed by atoms with Crippen molar-refractivity contribution in [2.75, 3.05) is 32.7 Å². The molecule has 2 heterocycles. The van der Waals surface area contributed by atoms with Crippen LogP contribution in [0.3, 0.4) is 0 Å². The lowest BCUT2D eigenvalue weighted by molar-refractivity contribution is -0.133. The minimum absolute atomic E-state index is 0.314. The van der Waals surface area contributed by atoms with Gasteiger partial charge >= 0.3 is 0 Å². The lowest BCUT2D eigenvalue weighted by Crippen LogP contribution is -2.50. The number of rotatable bonds is 4. The van der Waals surface area contributed by atoms with Crippen LogP contribution in [0, 0.1) is 5.41 Å². The number of carbonyl (C=O) groups excluding carboxylic acids is 1. The van der Waals surface area contributed by atoms with Crippen molar-refractivity contribution in [3.05, 3.63) is 22.4 Å². The largest absolute Gasteiger partial charge is 0.340 e. The van der Waals surface area contributed by atoms with Crippen LogP contribution in [0.15, 0.2) is 17.5 Å². The van der Waals surface area contributed by atoms with Gasteiger partial charge in [0.05, 0.1) is 0 Å². The van der Waals surface area contributed by atoms with Crippen molar-refractivity contribution < 1.29 is 4.79 Å². The van der Waals surface area contributed by atoms with E-state index in [0.717, 1.165) is 39.1 Å². The standard InChI is InChI=1S/C16H26N2OS/c1-16(2,3)13-17-8-10-18(11-9-17)15(19)7-6-14-5-4-12-20-14/h4-5,12H,6-11,13H2,1-3H3. The van der Waals surface area contributed by atoms with Gasteiger partial charge in [-0.25, -0.2) is 0 Å². The molecule has 0 N–H and O–H groups in total. The Morgan fingerprint density at radius 2 is 1.95 bits per heavy atom. The Morgan fingerprint density at radius 3 is 2.50 bits per heavy atom. The van der Waals surface area contributed by atoms with Crippen LogP contribution in [-0.2, 0) is 11.2 Å². The average Bonchev–Trinajstić information content (AvgIpc) is 2.88. The molecule has 0 atom stereocenters. The van der Waals surface area contributed by atoms with Gasteiger partial charge in [-0.05, 0) is 23.3 Å². The second kappa shape index (κ2) is 6.72. The van der Waals surface area contributed by atoms with Gasteiger partial charge in [0, 0.05) is 44.0 Å². The molecule has 1 amide bonds. The van der Waals surface area contributed by atoms with Crippen LogP contribution >= 0.6 is 11.3 Å². The third-order valence-electron chi connectivity index (χ3n) is 3.59. The van der Waals surface area contributed by atoms with E-state index in [2.05, 4.69) is 43.2 Å². The second-order valence-corrected chi connectivity index (χ2v) is 7.83. The quantitative estimate of drug-likeness (QED) is 0.852. The smallest absolute Gasteiger partial charge is 0.223 e. The molecule has 1 aromatic heterocycles. The molecule has 20 heavy (non-hydrogen) atoms. The summed E-state index contributed by atoms with van der Waals surface area (Å²) in [5, 5.41) is 2.07. The zero-order chi connectivity index (χ0) is 14.6. The summed E-state index contributed by atoms with van der Waals surface area (Å²) < 4.78 is 0. The molecule has 1 aliphatic rings. The highest BCUT2D eigenvalue weighted by Gasteiger charge is 2.23. The maximum atomic E-state index is 12.2. The van der Waals surface area contributed by atoms with E-state index in [4.69, 9.17) is 0 Å². The van der Waals surface area contributed by atoms with Gasteiger partial charge in [0.25, 0.3) is 0 Å². The summed E-state index contributed by atoms with van der Waals surface area (Å²) in [6.07, 6.45) is 1.54. The van der Waals surface area contributed by atoms with Gasteiger partial charge in [0.15, 0.2) is 0 Å². The fraction of sp³-hybridized carbons (Fsp3) is 0.688. The molecule has 0 radical (unpaired) electrons. The molecular formula is C16H26N2OS. The fourth-order valence-electron chi connectivity index (χ4n) is 2.67. The molecule has 2 rings (SSSR count). The number of aryl methyl sites for hydroxylation is 1. The van der Waals surface area contributed by atoms with Crippen LogP contribution in [0.1, 0.15) is 32.1 Å². The van der Waals surface area contributed by atoms with Crippen LogP contribution in [0.4, 0.5) is 0 Å². The monoisotopic (exact) mass is 294 g/mol. The van der Waals surface area contributed by atoms with E-state index < -0.39 is 0 Å². The zero-order valence-corrected chi connectivity index (χ0v) is 13.7. The van der Waals surface area contributed by atoms with Crippen molar-refractivity contribution in [1.29, 1.82) is 0 Å². The van der Waals surface area contributed by atoms with Gasteiger partial charge in [-0.1, -0.05) is 26.8 Å². The van der Waals surface area contributed by atoms with E-state index in [-0.39, 0.29) is 0 Å². The SMILES string of the molecule is CC(C)(C)CN1CCN(C(=O)CCc2cccs2)CC1. The first kappa shape index (κ1) is 15.5. The maximum absolute atomic E-state index is 12.2. The summed E-state index contributed by atoms with van der Waals surface area (Å²) >= 11 is 1.74. The minimum Gasteiger partial charge on any atom is -0.340 e. The zero-order valence-electron chi connectivity index (χ0n) is 12.9. The molecule has 0 aliphatic carbocycles. The number of nitrogens with zero attached hydrogens (tertiary/aromatic N) is 2. The van der Waals surface area contributed by atoms with Gasteiger partial charge in [0.1, 0.15) is 0 Å². The molecule has 1 saturated heterocycles. The summed E-state index contributed by atoms with van der Waals surface area (Å²) in [4.78, 5) is 18.0.